The van der Waals surface area contributed by atoms with E-state index in [1.54, 1.807) is 20.8 Å². The number of hydrogen-bond acceptors (Lipinski definition) is 3. The molecule has 1 rings (SSSR count). The molecule has 0 aromatic carbocycles. The van der Waals surface area contributed by atoms with E-state index in [0.717, 1.165) is 0 Å². The number of primary amides is 1. The SMILES string of the molecule is CC(C)(C)OC(=O)NC1CC1C(N)=O. The van der Waals surface area contributed by atoms with Crippen LogP contribution in [-0.4, -0.2) is 23.6 Å². The van der Waals surface area contributed by atoms with E-state index in [1.165, 1.54) is 0 Å². The topological polar surface area (TPSA) is 81.4 Å². The fourth-order valence-electron chi connectivity index (χ4n) is 1.13. The van der Waals surface area contributed by atoms with Gasteiger partial charge in [-0.15, -0.1) is 0 Å². The van der Waals surface area contributed by atoms with Crippen LogP contribution in [0.15, 0.2) is 0 Å². The first-order valence-electron chi connectivity index (χ1n) is 4.58. The number of ether oxygens (including phenoxy) is 1. The molecule has 1 fully saturated rings. The molecule has 3 N–H and O–H groups in total. The Hall–Kier alpha value is -1.26. The highest BCUT2D eigenvalue weighted by molar-refractivity contribution is 5.82. The lowest BCUT2D eigenvalue weighted by Gasteiger charge is -2.19. The summed E-state index contributed by atoms with van der Waals surface area (Å²) in [6.45, 7) is 5.35. The Morgan fingerprint density at radius 2 is 2.00 bits per heavy atom. The highest BCUT2D eigenvalue weighted by atomic mass is 16.6. The molecule has 0 saturated heterocycles. The maximum atomic E-state index is 11.2. The minimum atomic E-state index is -0.513. The standard InChI is InChI=1S/C9H16N2O3/c1-9(2,3)14-8(13)11-6-4-5(6)7(10)12/h5-6H,4H2,1-3H3,(H2,10,12)(H,11,13). The van der Waals surface area contributed by atoms with Crippen LogP contribution < -0.4 is 11.1 Å². The van der Waals surface area contributed by atoms with Gasteiger partial charge in [-0.1, -0.05) is 0 Å². The van der Waals surface area contributed by atoms with Gasteiger partial charge in [0.05, 0.1) is 5.92 Å². The molecule has 0 bridgehead atoms. The van der Waals surface area contributed by atoms with Gasteiger partial charge in [-0.25, -0.2) is 4.79 Å². The number of amides is 2. The summed E-state index contributed by atoms with van der Waals surface area (Å²) < 4.78 is 5.01. The van der Waals surface area contributed by atoms with Gasteiger partial charge < -0.3 is 15.8 Å². The molecule has 14 heavy (non-hydrogen) atoms. The average molecular weight is 200 g/mol. The average Bonchev–Trinajstić information content (AvgIpc) is 2.61. The minimum Gasteiger partial charge on any atom is -0.444 e. The molecule has 2 unspecified atom stereocenters. The monoisotopic (exact) mass is 200 g/mol. The van der Waals surface area contributed by atoms with Crippen molar-refractivity contribution < 1.29 is 14.3 Å². The van der Waals surface area contributed by atoms with Crippen molar-refractivity contribution in [3.8, 4) is 0 Å². The molecule has 2 amide bonds. The van der Waals surface area contributed by atoms with Crippen LogP contribution in [0.4, 0.5) is 4.79 Å². The molecule has 0 aromatic heterocycles. The van der Waals surface area contributed by atoms with E-state index in [-0.39, 0.29) is 17.9 Å². The zero-order valence-corrected chi connectivity index (χ0v) is 8.66. The largest absolute Gasteiger partial charge is 0.444 e. The number of nitrogens with two attached hydrogens (primary N) is 1. The Kier molecular flexibility index (Phi) is 2.69. The van der Waals surface area contributed by atoms with Gasteiger partial charge in [-0.2, -0.15) is 0 Å². The summed E-state index contributed by atoms with van der Waals surface area (Å²) in [6, 6.07) is -0.137. The first-order valence-corrected chi connectivity index (χ1v) is 4.58. The molecule has 1 aliphatic carbocycles. The van der Waals surface area contributed by atoms with Crippen LogP contribution >= 0.6 is 0 Å². The van der Waals surface area contributed by atoms with Crippen molar-refractivity contribution >= 4 is 12.0 Å². The maximum absolute atomic E-state index is 11.2. The van der Waals surface area contributed by atoms with Gasteiger partial charge in [0.2, 0.25) is 5.91 Å². The quantitative estimate of drug-likeness (QED) is 0.676. The molecule has 0 aliphatic heterocycles. The van der Waals surface area contributed by atoms with Gasteiger partial charge in [0, 0.05) is 6.04 Å². The number of rotatable bonds is 2. The maximum Gasteiger partial charge on any atom is 0.407 e. The molecule has 0 aromatic rings. The van der Waals surface area contributed by atoms with E-state index >= 15 is 0 Å². The van der Waals surface area contributed by atoms with Crippen LogP contribution in [0, 0.1) is 5.92 Å². The number of nitrogens with one attached hydrogen (secondary N) is 1. The fraction of sp³-hybridized carbons (Fsp3) is 0.778. The van der Waals surface area contributed by atoms with Gasteiger partial charge >= 0.3 is 6.09 Å². The summed E-state index contributed by atoms with van der Waals surface area (Å²) >= 11 is 0. The van der Waals surface area contributed by atoms with Crippen molar-refractivity contribution in [2.45, 2.75) is 38.8 Å². The molecular weight excluding hydrogens is 184 g/mol. The van der Waals surface area contributed by atoms with Gasteiger partial charge in [0.15, 0.2) is 0 Å². The van der Waals surface area contributed by atoms with Crippen LogP contribution in [0.3, 0.4) is 0 Å². The van der Waals surface area contributed by atoms with Crippen LogP contribution in [0.2, 0.25) is 0 Å². The molecule has 1 aliphatic rings. The molecule has 5 heteroatoms. The van der Waals surface area contributed by atoms with Crippen LogP contribution in [-0.2, 0) is 9.53 Å². The normalized spacial score (nSPS) is 25.4. The molecular formula is C9H16N2O3. The highest BCUT2D eigenvalue weighted by Gasteiger charge is 2.43. The van der Waals surface area contributed by atoms with Crippen molar-refractivity contribution in [3.63, 3.8) is 0 Å². The van der Waals surface area contributed by atoms with E-state index in [4.69, 9.17) is 10.5 Å². The second kappa shape index (κ2) is 3.48. The molecule has 5 nitrogen and oxygen atoms in total. The first-order chi connectivity index (χ1) is 6.29. The Morgan fingerprint density at radius 3 is 2.36 bits per heavy atom. The third-order valence-electron chi connectivity index (χ3n) is 1.86. The van der Waals surface area contributed by atoms with Crippen molar-refractivity contribution in [1.29, 1.82) is 0 Å². The molecule has 0 radical (unpaired) electrons. The van der Waals surface area contributed by atoms with Gasteiger partial charge in [0.25, 0.3) is 0 Å². The van der Waals surface area contributed by atoms with Crippen molar-refractivity contribution in [2.24, 2.45) is 11.7 Å². The fourth-order valence-corrected chi connectivity index (χ4v) is 1.13. The van der Waals surface area contributed by atoms with Crippen molar-refractivity contribution in [3.05, 3.63) is 0 Å². The summed E-state index contributed by atoms with van der Waals surface area (Å²) in [6.07, 6.45) is 0.125. The summed E-state index contributed by atoms with van der Waals surface area (Å²) in [5.41, 5.74) is 4.55. The smallest absolute Gasteiger partial charge is 0.407 e. The lowest BCUT2D eigenvalue weighted by atomic mass is 10.2. The van der Waals surface area contributed by atoms with Crippen LogP contribution in [0.25, 0.3) is 0 Å². The lowest BCUT2D eigenvalue weighted by Crippen LogP contribution is -2.35. The molecule has 2 atom stereocenters. The van der Waals surface area contributed by atoms with Crippen LogP contribution in [0.1, 0.15) is 27.2 Å². The van der Waals surface area contributed by atoms with Gasteiger partial charge in [0.1, 0.15) is 5.60 Å². The van der Waals surface area contributed by atoms with Crippen LogP contribution in [0.5, 0.6) is 0 Å². The van der Waals surface area contributed by atoms with E-state index in [1.807, 2.05) is 0 Å². The van der Waals surface area contributed by atoms with Gasteiger partial charge in [-0.3, -0.25) is 4.79 Å². The summed E-state index contributed by atoms with van der Waals surface area (Å²) in [5.74, 6) is -0.589. The summed E-state index contributed by atoms with van der Waals surface area (Å²) in [7, 11) is 0. The molecule has 0 heterocycles. The third-order valence-corrected chi connectivity index (χ3v) is 1.86. The number of alkyl carbamates (subject to hydrolysis) is 1. The predicted molar refractivity (Wildman–Crippen MR) is 50.5 cm³/mol. The highest BCUT2D eigenvalue weighted by Crippen LogP contribution is 2.29. The van der Waals surface area contributed by atoms with Crippen molar-refractivity contribution in [1.82, 2.24) is 5.32 Å². The minimum absolute atomic E-state index is 0.137. The van der Waals surface area contributed by atoms with E-state index in [9.17, 15) is 9.59 Å². The van der Waals surface area contributed by atoms with E-state index in [0.29, 0.717) is 6.42 Å². The first kappa shape index (κ1) is 10.8. The molecule has 0 spiro atoms. The Morgan fingerprint density at radius 1 is 1.43 bits per heavy atom. The Labute approximate surface area is 83.0 Å². The molecule has 1 saturated carbocycles. The summed E-state index contributed by atoms with van der Waals surface area (Å²) in [4.78, 5) is 21.9. The lowest BCUT2D eigenvalue weighted by molar-refractivity contribution is -0.119. The van der Waals surface area contributed by atoms with E-state index < -0.39 is 11.7 Å². The number of carbonyl (C=O) groups is 2. The van der Waals surface area contributed by atoms with Crippen molar-refractivity contribution in [2.75, 3.05) is 0 Å². The van der Waals surface area contributed by atoms with Gasteiger partial charge in [-0.05, 0) is 27.2 Å². The summed E-state index contributed by atoms with van der Waals surface area (Å²) in [5, 5.41) is 2.58. The van der Waals surface area contributed by atoms with E-state index in [2.05, 4.69) is 5.32 Å². The molecule has 80 valence electrons. The Balaban J connectivity index is 2.27. The zero-order valence-electron chi connectivity index (χ0n) is 8.66. The number of carbonyl (C=O) groups excluding carboxylic acids is 2. The second-order valence-corrected chi connectivity index (χ2v) is 4.50. The third kappa shape index (κ3) is 3.24. The zero-order chi connectivity index (χ0) is 10.9. The second-order valence-electron chi connectivity index (χ2n) is 4.50. The number of hydrogen-bond donors (Lipinski definition) is 2. The Bertz CT molecular complexity index is 257. The predicted octanol–water partition coefficient (Wildman–Crippen LogP) is 0.385.